The molecular formula is C12H15N5O. The van der Waals surface area contributed by atoms with Gasteiger partial charge in [0.05, 0.1) is 5.52 Å². The van der Waals surface area contributed by atoms with E-state index in [2.05, 4.69) is 25.6 Å². The van der Waals surface area contributed by atoms with Crippen LogP contribution in [-0.4, -0.2) is 33.4 Å². The fourth-order valence-electron chi connectivity index (χ4n) is 2.22. The SMILES string of the molecule is O=C1NCCCCC1Nc1ncnc2cc[nH]c12. The van der Waals surface area contributed by atoms with Crippen molar-refractivity contribution in [2.45, 2.75) is 25.3 Å². The summed E-state index contributed by atoms with van der Waals surface area (Å²) in [6.07, 6.45) is 6.23. The van der Waals surface area contributed by atoms with E-state index in [0.717, 1.165) is 36.8 Å². The average Bonchev–Trinajstić information content (AvgIpc) is 2.77. The second-order valence-corrected chi connectivity index (χ2v) is 4.44. The molecule has 1 saturated heterocycles. The van der Waals surface area contributed by atoms with E-state index >= 15 is 0 Å². The Hall–Kier alpha value is -2.11. The van der Waals surface area contributed by atoms with E-state index in [0.29, 0.717) is 5.82 Å². The van der Waals surface area contributed by atoms with Crippen LogP contribution in [0.1, 0.15) is 19.3 Å². The lowest BCUT2D eigenvalue weighted by Gasteiger charge is -2.15. The summed E-state index contributed by atoms with van der Waals surface area (Å²) in [5.41, 5.74) is 1.69. The van der Waals surface area contributed by atoms with Crippen molar-refractivity contribution in [1.29, 1.82) is 0 Å². The minimum absolute atomic E-state index is 0.0471. The quantitative estimate of drug-likeness (QED) is 0.738. The normalized spacial score (nSPS) is 20.4. The molecule has 1 fully saturated rings. The number of H-pyrrole nitrogens is 1. The average molecular weight is 245 g/mol. The second kappa shape index (κ2) is 4.64. The van der Waals surface area contributed by atoms with Crippen molar-refractivity contribution in [3.05, 3.63) is 18.6 Å². The molecule has 0 spiro atoms. The molecule has 0 saturated carbocycles. The van der Waals surface area contributed by atoms with E-state index in [1.54, 1.807) is 0 Å². The fraction of sp³-hybridized carbons (Fsp3) is 0.417. The second-order valence-electron chi connectivity index (χ2n) is 4.44. The third kappa shape index (κ3) is 2.01. The summed E-state index contributed by atoms with van der Waals surface area (Å²) >= 11 is 0. The zero-order chi connectivity index (χ0) is 12.4. The molecule has 18 heavy (non-hydrogen) atoms. The van der Waals surface area contributed by atoms with E-state index < -0.39 is 0 Å². The number of aromatic amines is 1. The zero-order valence-corrected chi connectivity index (χ0v) is 9.94. The molecule has 3 N–H and O–H groups in total. The Kier molecular flexibility index (Phi) is 2.84. The Morgan fingerprint density at radius 2 is 2.28 bits per heavy atom. The number of hydrogen-bond acceptors (Lipinski definition) is 4. The molecule has 1 amide bonds. The summed E-state index contributed by atoms with van der Waals surface area (Å²) < 4.78 is 0. The number of anilines is 1. The van der Waals surface area contributed by atoms with Gasteiger partial charge in [-0.1, -0.05) is 0 Å². The number of carbonyl (C=O) groups excluding carboxylic acids is 1. The van der Waals surface area contributed by atoms with Gasteiger partial charge >= 0.3 is 0 Å². The maximum atomic E-state index is 11.9. The lowest BCUT2D eigenvalue weighted by molar-refractivity contribution is -0.121. The third-order valence-electron chi connectivity index (χ3n) is 3.19. The molecular weight excluding hydrogens is 230 g/mol. The Bertz CT molecular complexity index is 564. The van der Waals surface area contributed by atoms with Gasteiger partial charge in [0.25, 0.3) is 0 Å². The van der Waals surface area contributed by atoms with Gasteiger partial charge in [0.1, 0.15) is 17.9 Å². The van der Waals surface area contributed by atoms with Gasteiger partial charge in [-0.05, 0) is 25.3 Å². The first kappa shape index (κ1) is 11.0. The number of carbonyl (C=O) groups is 1. The number of hydrogen-bond donors (Lipinski definition) is 3. The highest BCUT2D eigenvalue weighted by molar-refractivity contribution is 5.90. The van der Waals surface area contributed by atoms with Crippen LogP contribution in [0, 0.1) is 0 Å². The van der Waals surface area contributed by atoms with Gasteiger partial charge in [-0.15, -0.1) is 0 Å². The summed E-state index contributed by atoms with van der Waals surface area (Å²) in [5, 5.41) is 6.11. The van der Waals surface area contributed by atoms with Crippen LogP contribution in [0.3, 0.4) is 0 Å². The highest BCUT2D eigenvalue weighted by Crippen LogP contribution is 2.19. The Morgan fingerprint density at radius 3 is 3.22 bits per heavy atom. The smallest absolute Gasteiger partial charge is 0.242 e. The number of aromatic nitrogens is 3. The van der Waals surface area contributed by atoms with Crippen LogP contribution in [0.25, 0.3) is 11.0 Å². The van der Waals surface area contributed by atoms with Crippen molar-refractivity contribution in [3.63, 3.8) is 0 Å². The van der Waals surface area contributed by atoms with Gasteiger partial charge in [0.15, 0.2) is 5.82 Å². The van der Waals surface area contributed by atoms with E-state index in [9.17, 15) is 4.79 Å². The molecule has 1 atom stereocenters. The standard InChI is InChI=1S/C12H15N5O/c18-12-9(3-1-2-5-14-12)17-11-10-8(4-6-13-10)15-7-16-11/h4,6-7,9,13H,1-3,5H2,(H,14,18)(H,15,16,17). The first-order valence-electron chi connectivity index (χ1n) is 6.17. The van der Waals surface area contributed by atoms with E-state index in [1.807, 2.05) is 12.3 Å². The summed E-state index contributed by atoms with van der Waals surface area (Å²) in [7, 11) is 0. The van der Waals surface area contributed by atoms with Crippen LogP contribution < -0.4 is 10.6 Å². The number of nitrogens with one attached hydrogen (secondary N) is 3. The molecule has 0 aromatic carbocycles. The van der Waals surface area contributed by atoms with Gasteiger partial charge in [-0.3, -0.25) is 4.79 Å². The summed E-state index contributed by atoms with van der Waals surface area (Å²) in [6, 6.07) is 1.67. The number of rotatable bonds is 2. The predicted octanol–water partition coefficient (Wildman–Crippen LogP) is 1.04. The van der Waals surface area contributed by atoms with E-state index in [1.165, 1.54) is 6.33 Å². The van der Waals surface area contributed by atoms with Gasteiger partial charge in [0.2, 0.25) is 5.91 Å². The molecule has 3 rings (SSSR count). The minimum Gasteiger partial charge on any atom is -0.357 e. The van der Waals surface area contributed by atoms with E-state index in [4.69, 9.17) is 0 Å². The highest BCUT2D eigenvalue weighted by Gasteiger charge is 2.21. The Morgan fingerprint density at radius 1 is 1.33 bits per heavy atom. The molecule has 0 aliphatic carbocycles. The van der Waals surface area contributed by atoms with Crippen LogP contribution in [0.2, 0.25) is 0 Å². The maximum Gasteiger partial charge on any atom is 0.242 e. The van der Waals surface area contributed by atoms with Crippen LogP contribution in [0.4, 0.5) is 5.82 Å². The minimum atomic E-state index is -0.214. The number of fused-ring (bicyclic) bond motifs is 1. The lowest BCUT2D eigenvalue weighted by atomic mass is 10.1. The molecule has 6 nitrogen and oxygen atoms in total. The lowest BCUT2D eigenvalue weighted by Crippen LogP contribution is -2.38. The molecule has 3 heterocycles. The molecule has 94 valence electrons. The van der Waals surface area contributed by atoms with Crippen LogP contribution in [0.5, 0.6) is 0 Å². The molecule has 1 aliphatic heterocycles. The summed E-state index contributed by atoms with van der Waals surface area (Å²) in [4.78, 5) is 23.3. The maximum absolute atomic E-state index is 11.9. The fourth-order valence-corrected chi connectivity index (χ4v) is 2.22. The summed E-state index contributed by atoms with van der Waals surface area (Å²) in [6.45, 7) is 0.763. The van der Waals surface area contributed by atoms with Gasteiger partial charge in [0, 0.05) is 12.7 Å². The predicted molar refractivity (Wildman–Crippen MR) is 68.2 cm³/mol. The molecule has 2 aromatic heterocycles. The van der Waals surface area contributed by atoms with Crippen molar-refractivity contribution in [2.75, 3.05) is 11.9 Å². The third-order valence-corrected chi connectivity index (χ3v) is 3.19. The van der Waals surface area contributed by atoms with Crippen molar-refractivity contribution < 1.29 is 4.79 Å². The molecule has 0 bridgehead atoms. The van der Waals surface area contributed by atoms with Gasteiger partial charge in [-0.2, -0.15) is 0 Å². The highest BCUT2D eigenvalue weighted by atomic mass is 16.2. The number of nitrogens with zero attached hydrogens (tertiary/aromatic N) is 2. The molecule has 2 aromatic rings. The Labute approximate surface area is 104 Å². The van der Waals surface area contributed by atoms with Crippen LogP contribution >= 0.6 is 0 Å². The molecule has 1 aliphatic rings. The Balaban J connectivity index is 1.86. The van der Waals surface area contributed by atoms with Crippen LogP contribution in [-0.2, 0) is 4.79 Å². The van der Waals surface area contributed by atoms with Crippen molar-refractivity contribution >= 4 is 22.8 Å². The topological polar surface area (TPSA) is 82.7 Å². The monoisotopic (exact) mass is 245 g/mol. The summed E-state index contributed by atoms with van der Waals surface area (Å²) in [5.74, 6) is 0.734. The molecule has 0 radical (unpaired) electrons. The van der Waals surface area contributed by atoms with Gasteiger partial charge in [-0.25, -0.2) is 9.97 Å². The molecule has 1 unspecified atom stereocenters. The van der Waals surface area contributed by atoms with Crippen LogP contribution in [0.15, 0.2) is 18.6 Å². The zero-order valence-electron chi connectivity index (χ0n) is 9.94. The van der Waals surface area contributed by atoms with Crippen molar-refractivity contribution in [2.24, 2.45) is 0 Å². The van der Waals surface area contributed by atoms with Gasteiger partial charge < -0.3 is 15.6 Å². The van der Waals surface area contributed by atoms with Crippen molar-refractivity contribution in [3.8, 4) is 0 Å². The number of amides is 1. The largest absolute Gasteiger partial charge is 0.357 e. The molecule has 6 heteroatoms. The first-order valence-corrected chi connectivity index (χ1v) is 6.17. The van der Waals surface area contributed by atoms with Crippen molar-refractivity contribution in [1.82, 2.24) is 20.3 Å². The van der Waals surface area contributed by atoms with E-state index in [-0.39, 0.29) is 11.9 Å². The first-order chi connectivity index (χ1) is 8.84.